The molecule has 180 valence electrons. The monoisotopic (exact) mass is 488 g/mol. The lowest BCUT2D eigenvalue weighted by Crippen LogP contribution is -2.50. The number of hydrogen-bond donors (Lipinski definition) is 0. The molecule has 12 heteroatoms. The zero-order chi connectivity index (χ0) is 24.4. The zero-order valence-electron chi connectivity index (χ0n) is 18.2. The smallest absolute Gasteiger partial charge is 0.416 e. The number of rotatable bonds is 6. The highest BCUT2D eigenvalue weighted by Gasteiger charge is 2.34. The summed E-state index contributed by atoms with van der Waals surface area (Å²) in [5, 5.41) is 0. The maximum atomic E-state index is 13.1. The highest BCUT2D eigenvalue weighted by atomic mass is 32.2. The molecule has 0 radical (unpaired) electrons. The molecule has 1 aliphatic heterocycles. The van der Waals surface area contributed by atoms with Crippen LogP contribution >= 0.6 is 0 Å². The lowest BCUT2D eigenvalue weighted by Gasteiger charge is -2.34. The van der Waals surface area contributed by atoms with Crippen LogP contribution < -0.4 is 14.2 Å². The molecule has 0 N–H and O–H groups in total. The van der Waals surface area contributed by atoms with Crippen molar-refractivity contribution in [3.63, 3.8) is 0 Å². The van der Waals surface area contributed by atoms with E-state index in [9.17, 15) is 26.4 Å². The van der Waals surface area contributed by atoms with Gasteiger partial charge in [-0.15, -0.1) is 0 Å². The van der Waals surface area contributed by atoms with Gasteiger partial charge in [-0.25, -0.2) is 8.42 Å². The second kappa shape index (κ2) is 9.48. The van der Waals surface area contributed by atoms with E-state index in [-0.39, 0.29) is 54.0 Å². The quantitative estimate of drug-likeness (QED) is 0.622. The number of carbonyl (C=O) groups excluding carboxylic acids is 1. The molecule has 33 heavy (non-hydrogen) atoms. The van der Waals surface area contributed by atoms with Gasteiger partial charge in [0.2, 0.25) is 15.8 Å². The Hall–Kier alpha value is -2.99. The van der Waals surface area contributed by atoms with Crippen LogP contribution in [-0.4, -0.2) is 71.0 Å². The largest absolute Gasteiger partial charge is 0.493 e. The van der Waals surface area contributed by atoms with E-state index >= 15 is 0 Å². The summed E-state index contributed by atoms with van der Waals surface area (Å²) >= 11 is 0. The minimum Gasteiger partial charge on any atom is -0.493 e. The Labute approximate surface area is 189 Å². The first-order valence-corrected chi connectivity index (χ1v) is 11.2. The first-order chi connectivity index (χ1) is 15.5. The van der Waals surface area contributed by atoms with Crippen molar-refractivity contribution in [3.05, 3.63) is 47.5 Å². The van der Waals surface area contributed by atoms with Gasteiger partial charge in [0, 0.05) is 26.2 Å². The van der Waals surface area contributed by atoms with Gasteiger partial charge in [0.25, 0.3) is 5.91 Å². The van der Waals surface area contributed by atoms with Gasteiger partial charge in [-0.2, -0.15) is 17.5 Å². The average Bonchev–Trinajstić information content (AvgIpc) is 2.82. The standard InChI is InChI=1S/C21H23F3N2O6S/c1-30-17-9-8-16(18(31-2)19(17)32-3)20(27)25-10-12-26(13-11-25)33(28,29)15-6-4-14(5-7-15)21(22,23)24/h4-9H,10-13H2,1-3H3. The number of amides is 1. The van der Waals surface area contributed by atoms with Crippen LogP contribution in [0.15, 0.2) is 41.3 Å². The van der Waals surface area contributed by atoms with E-state index in [1.807, 2.05) is 0 Å². The predicted octanol–water partition coefficient (Wildman–Crippen LogP) is 2.88. The number of ether oxygens (including phenoxy) is 3. The van der Waals surface area contributed by atoms with Gasteiger partial charge in [0.05, 0.1) is 37.4 Å². The predicted molar refractivity (Wildman–Crippen MR) is 112 cm³/mol. The molecule has 0 spiro atoms. The van der Waals surface area contributed by atoms with Gasteiger partial charge in [0.1, 0.15) is 0 Å². The number of methoxy groups -OCH3 is 3. The van der Waals surface area contributed by atoms with Crippen molar-refractivity contribution in [2.24, 2.45) is 0 Å². The Kier molecular flexibility index (Phi) is 7.08. The summed E-state index contributed by atoms with van der Waals surface area (Å²) in [5.74, 6) is 0.466. The Morgan fingerprint density at radius 2 is 1.42 bits per heavy atom. The molecule has 0 atom stereocenters. The fraction of sp³-hybridized carbons (Fsp3) is 0.381. The summed E-state index contributed by atoms with van der Waals surface area (Å²) in [4.78, 5) is 14.3. The molecule has 0 saturated carbocycles. The molecule has 1 amide bonds. The molecule has 2 aromatic carbocycles. The van der Waals surface area contributed by atoms with Gasteiger partial charge in [-0.1, -0.05) is 0 Å². The van der Waals surface area contributed by atoms with Crippen molar-refractivity contribution in [3.8, 4) is 17.2 Å². The first-order valence-electron chi connectivity index (χ1n) is 9.80. The second-order valence-electron chi connectivity index (χ2n) is 7.10. The van der Waals surface area contributed by atoms with Gasteiger partial charge < -0.3 is 19.1 Å². The Morgan fingerprint density at radius 1 is 0.848 bits per heavy atom. The van der Waals surface area contributed by atoms with E-state index in [1.165, 1.54) is 32.3 Å². The lowest BCUT2D eigenvalue weighted by atomic mass is 10.1. The molecule has 0 aliphatic carbocycles. The lowest BCUT2D eigenvalue weighted by molar-refractivity contribution is -0.137. The number of halogens is 3. The van der Waals surface area contributed by atoms with Crippen molar-refractivity contribution in [1.82, 2.24) is 9.21 Å². The molecule has 0 unspecified atom stereocenters. The molecule has 0 aromatic heterocycles. The topological polar surface area (TPSA) is 85.4 Å². The fourth-order valence-corrected chi connectivity index (χ4v) is 4.96. The normalized spacial score (nSPS) is 15.3. The SMILES string of the molecule is COc1ccc(C(=O)N2CCN(S(=O)(=O)c3ccc(C(F)(F)F)cc3)CC2)c(OC)c1OC. The summed E-state index contributed by atoms with van der Waals surface area (Å²) in [7, 11) is 0.257. The van der Waals surface area contributed by atoms with Crippen LogP contribution in [0.2, 0.25) is 0 Å². The van der Waals surface area contributed by atoms with Crippen molar-refractivity contribution in [1.29, 1.82) is 0 Å². The summed E-state index contributed by atoms with van der Waals surface area (Å²) in [5.41, 5.74) is -0.699. The highest BCUT2D eigenvalue weighted by Crippen LogP contribution is 2.40. The molecule has 0 bridgehead atoms. The third-order valence-corrected chi connectivity index (χ3v) is 7.19. The second-order valence-corrected chi connectivity index (χ2v) is 9.04. The molecule has 1 aliphatic rings. The van der Waals surface area contributed by atoms with Crippen molar-refractivity contribution in [2.45, 2.75) is 11.1 Å². The Bertz CT molecular complexity index is 1110. The summed E-state index contributed by atoms with van der Waals surface area (Å²) < 4.78 is 80.9. The number of sulfonamides is 1. The zero-order valence-corrected chi connectivity index (χ0v) is 19.0. The van der Waals surface area contributed by atoms with Gasteiger partial charge in [0.15, 0.2) is 11.5 Å². The van der Waals surface area contributed by atoms with E-state index < -0.39 is 21.8 Å². The minimum atomic E-state index is -4.56. The van der Waals surface area contributed by atoms with Gasteiger partial charge in [-0.05, 0) is 36.4 Å². The molecule has 8 nitrogen and oxygen atoms in total. The van der Waals surface area contributed by atoms with Crippen LogP contribution in [0.4, 0.5) is 13.2 Å². The van der Waals surface area contributed by atoms with E-state index in [0.717, 1.165) is 28.6 Å². The number of carbonyl (C=O) groups is 1. The third-order valence-electron chi connectivity index (χ3n) is 5.28. The summed E-state index contributed by atoms with van der Waals surface area (Å²) in [6.45, 7) is 0.168. The van der Waals surface area contributed by atoms with Crippen molar-refractivity contribution in [2.75, 3.05) is 47.5 Å². The summed E-state index contributed by atoms with van der Waals surface area (Å²) in [6.07, 6.45) is -4.56. The molecule has 1 saturated heterocycles. The Balaban J connectivity index is 1.75. The van der Waals surface area contributed by atoms with Crippen LogP contribution in [0.1, 0.15) is 15.9 Å². The number of hydrogen-bond acceptors (Lipinski definition) is 6. The maximum absolute atomic E-state index is 13.1. The Morgan fingerprint density at radius 3 is 1.91 bits per heavy atom. The number of benzene rings is 2. The van der Waals surface area contributed by atoms with Crippen LogP contribution in [-0.2, 0) is 16.2 Å². The van der Waals surface area contributed by atoms with E-state index in [1.54, 1.807) is 6.07 Å². The van der Waals surface area contributed by atoms with Crippen LogP contribution in [0, 0.1) is 0 Å². The first kappa shape index (κ1) is 24.6. The van der Waals surface area contributed by atoms with E-state index in [2.05, 4.69) is 0 Å². The van der Waals surface area contributed by atoms with Crippen LogP contribution in [0.3, 0.4) is 0 Å². The third kappa shape index (κ3) is 4.86. The van der Waals surface area contributed by atoms with E-state index in [0.29, 0.717) is 5.75 Å². The molecular formula is C21H23F3N2O6S. The fourth-order valence-electron chi connectivity index (χ4n) is 3.54. The molecule has 1 fully saturated rings. The molecule has 3 rings (SSSR count). The van der Waals surface area contributed by atoms with Crippen molar-refractivity contribution >= 4 is 15.9 Å². The van der Waals surface area contributed by atoms with Gasteiger partial charge >= 0.3 is 6.18 Å². The number of alkyl halides is 3. The van der Waals surface area contributed by atoms with Crippen LogP contribution in [0.5, 0.6) is 17.2 Å². The maximum Gasteiger partial charge on any atom is 0.416 e. The van der Waals surface area contributed by atoms with Crippen LogP contribution in [0.25, 0.3) is 0 Å². The number of piperazine rings is 1. The molecule has 2 aromatic rings. The number of nitrogens with zero attached hydrogens (tertiary/aromatic N) is 2. The molecule has 1 heterocycles. The van der Waals surface area contributed by atoms with Crippen molar-refractivity contribution < 1.29 is 40.6 Å². The van der Waals surface area contributed by atoms with E-state index in [4.69, 9.17) is 14.2 Å². The highest BCUT2D eigenvalue weighted by molar-refractivity contribution is 7.89. The van der Waals surface area contributed by atoms with Gasteiger partial charge in [-0.3, -0.25) is 4.79 Å². The minimum absolute atomic E-state index is 0.00923. The summed E-state index contributed by atoms with van der Waals surface area (Å²) in [6, 6.07) is 6.44. The average molecular weight is 488 g/mol. The molecular weight excluding hydrogens is 465 g/mol.